The molecule has 0 fully saturated rings. The van der Waals surface area contributed by atoms with Crippen molar-refractivity contribution in [3.05, 3.63) is 65.7 Å². The molecule has 0 saturated carbocycles. The van der Waals surface area contributed by atoms with E-state index in [2.05, 4.69) is 20.8 Å². The average Bonchev–Trinajstić information content (AvgIpc) is 3.11. The van der Waals surface area contributed by atoms with Crippen LogP contribution in [0.15, 0.2) is 53.7 Å². The lowest BCUT2D eigenvalue weighted by Gasteiger charge is -2.09. The van der Waals surface area contributed by atoms with E-state index >= 15 is 0 Å². The van der Waals surface area contributed by atoms with Gasteiger partial charge in [0.2, 0.25) is 11.8 Å². The first-order chi connectivity index (χ1) is 14.5. The molecule has 0 bridgehead atoms. The molecule has 0 aliphatic rings. The lowest BCUT2D eigenvalue weighted by Crippen LogP contribution is -2.18. The van der Waals surface area contributed by atoms with Gasteiger partial charge in [0.05, 0.1) is 12.2 Å². The zero-order valence-corrected chi connectivity index (χ0v) is 17.5. The van der Waals surface area contributed by atoms with Crippen LogP contribution in [-0.2, 0) is 22.6 Å². The van der Waals surface area contributed by atoms with Crippen LogP contribution in [0.25, 0.3) is 0 Å². The van der Waals surface area contributed by atoms with Crippen molar-refractivity contribution >= 4 is 35.0 Å². The van der Waals surface area contributed by atoms with E-state index in [-0.39, 0.29) is 24.0 Å². The summed E-state index contributed by atoms with van der Waals surface area (Å²) < 4.78 is 15.2. The molecule has 7 nitrogen and oxygen atoms in total. The Kier molecular flexibility index (Phi) is 7.18. The molecule has 3 aromatic rings. The number of para-hydroxylation sites is 1. The molecule has 30 heavy (non-hydrogen) atoms. The highest BCUT2D eigenvalue weighted by Crippen LogP contribution is 2.20. The van der Waals surface area contributed by atoms with Gasteiger partial charge in [0.15, 0.2) is 5.16 Å². The molecule has 0 atom stereocenters. The van der Waals surface area contributed by atoms with E-state index in [1.807, 2.05) is 37.3 Å². The Morgan fingerprint density at radius 1 is 1.07 bits per heavy atom. The topological polar surface area (TPSA) is 88.9 Å². The standard InChI is InChI=1S/C21H22FN5O2S/c1-3-27-18(12-19(28)23-16-7-5-4-6-8-16)25-26-21(27)30-13-20(29)24-17-11-15(22)10-9-14(17)2/h4-11H,3,12-13H2,1-2H3,(H,23,28)(H,24,29). The third-order valence-corrected chi connectivity index (χ3v) is 5.26. The van der Waals surface area contributed by atoms with Gasteiger partial charge in [-0.15, -0.1) is 10.2 Å². The second-order valence-corrected chi connectivity index (χ2v) is 7.47. The van der Waals surface area contributed by atoms with E-state index in [0.717, 1.165) is 5.56 Å². The van der Waals surface area contributed by atoms with Gasteiger partial charge in [-0.2, -0.15) is 0 Å². The van der Waals surface area contributed by atoms with Gasteiger partial charge in [-0.1, -0.05) is 36.0 Å². The molecule has 1 aromatic heterocycles. The number of nitrogens with zero attached hydrogens (tertiary/aromatic N) is 3. The van der Waals surface area contributed by atoms with Gasteiger partial charge in [-0.25, -0.2) is 4.39 Å². The number of amides is 2. The Morgan fingerprint density at radius 3 is 2.57 bits per heavy atom. The number of aromatic nitrogens is 3. The first-order valence-corrected chi connectivity index (χ1v) is 10.4. The van der Waals surface area contributed by atoms with Crippen molar-refractivity contribution < 1.29 is 14.0 Å². The number of benzene rings is 2. The van der Waals surface area contributed by atoms with Crippen LogP contribution in [0.3, 0.4) is 0 Å². The maximum absolute atomic E-state index is 13.4. The molecule has 9 heteroatoms. The predicted octanol–water partition coefficient (Wildman–Crippen LogP) is 3.66. The molecule has 0 saturated heterocycles. The summed E-state index contributed by atoms with van der Waals surface area (Å²) in [6.07, 6.45) is 0.0744. The van der Waals surface area contributed by atoms with Crippen LogP contribution < -0.4 is 10.6 Å². The van der Waals surface area contributed by atoms with Crippen molar-refractivity contribution in [2.24, 2.45) is 0 Å². The molecule has 0 radical (unpaired) electrons. The number of aryl methyl sites for hydroxylation is 1. The van der Waals surface area contributed by atoms with Gasteiger partial charge in [0, 0.05) is 17.9 Å². The Morgan fingerprint density at radius 2 is 1.83 bits per heavy atom. The van der Waals surface area contributed by atoms with Crippen LogP contribution in [0, 0.1) is 12.7 Å². The van der Waals surface area contributed by atoms with Crippen LogP contribution in [0.4, 0.5) is 15.8 Å². The summed E-state index contributed by atoms with van der Waals surface area (Å²) in [7, 11) is 0. The van der Waals surface area contributed by atoms with E-state index in [1.165, 1.54) is 23.9 Å². The highest BCUT2D eigenvalue weighted by atomic mass is 32.2. The van der Waals surface area contributed by atoms with Crippen molar-refractivity contribution in [1.82, 2.24) is 14.8 Å². The summed E-state index contributed by atoms with van der Waals surface area (Å²) in [6, 6.07) is 13.4. The van der Waals surface area contributed by atoms with Gasteiger partial charge in [-0.05, 0) is 43.7 Å². The maximum Gasteiger partial charge on any atom is 0.234 e. The number of carbonyl (C=O) groups is 2. The second kappa shape index (κ2) is 10.0. The lowest BCUT2D eigenvalue weighted by molar-refractivity contribution is -0.116. The van der Waals surface area contributed by atoms with Crippen LogP contribution in [0.5, 0.6) is 0 Å². The van der Waals surface area contributed by atoms with Crippen LogP contribution >= 0.6 is 11.8 Å². The van der Waals surface area contributed by atoms with Gasteiger partial charge in [0.25, 0.3) is 0 Å². The van der Waals surface area contributed by atoms with E-state index in [4.69, 9.17) is 0 Å². The third kappa shape index (κ3) is 5.66. The van der Waals surface area contributed by atoms with Crippen LogP contribution in [0.1, 0.15) is 18.3 Å². The summed E-state index contributed by atoms with van der Waals surface area (Å²) in [6.45, 7) is 4.28. The van der Waals surface area contributed by atoms with Gasteiger partial charge in [0.1, 0.15) is 11.6 Å². The Hall–Kier alpha value is -3.20. The SMILES string of the molecule is CCn1c(CC(=O)Nc2ccccc2)nnc1SCC(=O)Nc1cc(F)ccc1C. The highest BCUT2D eigenvalue weighted by Gasteiger charge is 2.16. The van der Waals surface area contributed by atoms with Gasteiger partial charge < -0.3 is 15.2 Å². The smallest absolute Gasteiger partial charge is 0.234 e. The normalized spacial score (nSPS) is 10.6. The molecular weight excluding hydrogens is 405 g/mol. The van der Waals surface area contributed by atoms with Crippen molar-refractivity contribution in [3.63, 3.8) is 0 Å². The number of halogens is 1. The molecule has 3 rings (SSSR count). The first-order valence-electron chi connectivity index (χ1n) is 9.42. The number of anilines is 2. The van der Waals surface area contributed by atoms with Crippen molar-refractivity contribution in [1.29, 1.82) is 0 Å². The van der Waals surface area contributed by atoms with Crippen molar-refractivity contribution in [2.75, 3.05) is 16.4 Å². The Labute approximate surface area is 178 Å². The summed E-state index contributed by atoms with van der Waals surface area (Å²) >= 11 is 1.21. The van der Waals surface area contributed by atoms with Crippen LogP contribution in [0.2, 0.25) is 0 Å². The molecule has 0 unspecified atom stereocenters. The summed E-state index contributed by atoms with van der Waals surface area (Å²) in [5, 5.41) is 14.3. The maximum atomic E-state index is 13.4. The van der Waals surface area contributed by atoms with Crippen molar-refractivity contribution in [2.45, 2.75) is 32.0 Å². The molecule has 2 aromatic carbocycles. The van der Waals surface area contributed by atoms with Gasteiger partial charge >= 0.3 is 0 Å². The highest BCUT2D eigenvalue weighted by molar-refractivity contribution is 7.99. The Balaban J connectivity index is 1.59. The quantitative estimate of drug-likeness (QED) is 0.536. The minimum absolute atomic E-state index is 0.0744. The number of carbonyl (C=O) groups excluding carboxylic acids is 2. The van der Waals surface area contributed by atoms with Gasteiger partial charge in [-0.3, -0.25) is 9.59 Å². The minimum atomic E-state index is -0.410. The lowest BCUT2D eigenvalue weighted by atomic mass is 10.2. The largest absolute Gasteiger partial charge is 0.326 e. The Bertz CT molecular complexity index is 1040. The van der Waals surface area contributed by atoms with Crippen molar-refractivity contribution in [3.8, 4) is 0 Å². The van der Waals surface area contributed by atoms with E-state index < -0.39 is 5.82 Å². The first kappa shape index (κ1) is 21.5. The zero-order valence-electron chi connectivity index (χ0n) is 16.7. The molecule has 1 heterocycles. The molecule has 2 amide bonds. The fraction of sp³-hybridized carbons (Fsp3) is 0.238. The number of rotatable bonds is 8. The molecule has 0 spiro atoms. The van der Waals surface area contributed by atoms with E-state index in [9.17, 15) is 14.0 Å². The third-order valence-electron chi connectivity index (χ3n) is 4.29. The zero-order chi connectivity index (χ0) is 21.5. The minimum Gasteiger partial charge on any atom is -0.326 e. The number of thioether (sulfide) groups is 1. The summed E-state index contributed by atoms with van der Waals surface area (Å²) in [5.74, 6) is -0.269. The molecule has 0 aliphatic heterocycles. The molecule has 0 aliphatic carbocycles. The second-order valence-electron chi connectivity index (χ2n) is 6.53. The van der Waals surface area contributed by atoms with E-state index in [0.29, 0.717) is 28.9 Å². The fourth-order valence-corrected chi connectivity index (χ4v) is 3.61. The van der Waals surface area contributed by atoms with Crippen LogP contribution in [-0.4, -0.2) is 32.3 Å². The fourth-order valence-electron chi connectivity index (χ4n) is 2.79. The predicted molar refractivity (Wildman–Crippen MR) is 115 cm³/mol. The number of hydrogen-bond acceptors (Lipinski definition) is 5. The molecule has 156 valence electrons. The average molecular weight is 428 g/mol. The number of nitrogens with one attached hydrogen (secondary N) is 2. The molecular formula is C21H22FN5O2S. The summed E-state index contributed by atoms with van der Waals surface area (Å²) in [5.41, 5.74) is 1.93. The monoisotopic (exact) mass is 427 g/mol. The number of hydrogen-bond donors (Lipinski definition) is 2. The van der Waals surface area contributed by atoms with E-state index in [1.54, 1.807) is 17.6 Å². The summed E-state index contributed by atoms with van der Waals surface area (Å²) in [4.78, 5) is 24.6. The molecule has 2 N–H and O–H groups in total.